The second-order valence-electron chi connectivity index (χ2n) is 6.96. The summed E-state index contributed by atoms with van der Waals surface area (Å²) < 4.78 is 0. The van der Waals surface area contributed by atoms with Crippen molar-refractivity contribution in [3.05, 3.63) is 16.1 Å². The Balaban J connectivity index is 0.00000264. The Morgan fingerprint density at radius 2 is 2.09 bits per heavy atom. The van der Waals surface area contributed by atoms with E-state index in [-0.39, 0.29) is 24.0 Å². The van der Waals surface area contributed by atoms with Crippen LogP contribution in [0.1, 0.15) is 56.3 Å². The maximum Gasteiger partial charge on any atom is 0.191 e. The first kappa shape index (κ1) is 20.7. The van der Waals surface area contributed by atoms with Crippen molar-refractivity contribution in [3.8, 4) is 0 Å². The first-order valence-electron chi connectivity index (χ1n) is 8.45. The van der Waals surface area contributed by atoms with E-state index in [1.165, 1.54) is 35.6 Å². The number of aliphatic imine (C=N–C) groups is 1. The van der Waals surface area contributed by atoms with Gasteiger partial charge in [0.1, 0.15) is 0 Å². The molecule has 0 unspecified atom stereocenters. The van der Waals surface area contributed by atoms with E-state index in [2.05, 4.69) is 43.3 Å². The first-order valence-corrected chi connectivity index (χ1v) is 9.26. The third-order valence-corrected chi connectivity index (χ3v) is 5.26. The average molecular weight is 450 g/mol. The fraction of sp³-hybridized carbons (Fsp3) is 0.765. The molecule has 0 radical (unpaired) electrons. The lowest BCUT2D eigenvalue weighted by atomic mass is 9.75. The minimum Gasteiger partial charge on any atom is -0.357 e. The molecule has 6 heteroatoms. The Hall–Kier alpha value is -0.370. The van der Waals surface area contributed by atoms with Crippen LogP contribution in [0.2, 0.25) is 0 Å². The summed E-state index contributed by atoms with van der Waals surface area (Å²) >= 11 is 1.77. The molecule has 1 aliphatic rings. The maximum atomic E-state index is 4.71. The largest absolute Gasteiger partial charge is 0.357 e. The molecule has 2 N–H and O–H groups in total. The summed E-state index contributed by atoms with van der Waals surface area (Å²) in [7, 11) is 0. The van der Waals surface area contributed by atoms with Crippen molar-refractivity contribution >= 4 is 41.3 Å². The smallest absolute Gasteiger partial charge is 0.191 e. The van der Waals surface area contributed by atoms with E-state index < -0.39 is 0 Å². The molecule has 1 aromatic rings. The highest BCUT2D eigenvalue weighted by Crippen LogP contribution is 2.34. The van der Waals surface area contributed by atoms with E-state index in [0.29, 0.717) is 11.5 Å². The lowest BCUT2D eigenvalue weighted by Crippen LogP contribution is -2.45. The highest BCUT2D eigenvalue weighted by Gasteiger charge is 2.27. The highest BCUT2D eigenvalue weighted by atomic mass is 127. The molecule has 0 aromatic carbocycles. The molecule has 0 saturated heterocycles. The maximum absolute atomic E-state index is 4.71. The Bertz CT molecular complexity index is 489. The summed E-state index contributed by atoms with van der Waals surface area (Å²) in [4.78, 5) is 10.4. The standard InChI is InChI=1S/C17H30N4S.HI/c1-5-18-16(19-11-8-15-20-12-13(2)22-15)21-14-6-9-17(3,4)10-7-14;/h12,14H,5-11H2,1-4H3,(H2,18,19,21);1H. The Morgan fingerprint density at radius 1 is 1.39 bits per heavy atom. The van der Waals surface area contributed by atoms with Gasteiger partial charge in [0.25, 0.3) is 0 Å². The van der Waals surface area contributed by atoms with Crippen LogP contribution in [-0.4, -0.2) is 30.1 Å². The molecule has 0 bridgehead atoms. The number of rotatable bonds is 5. The molecule has 23 heavy (non-hydrogen) atoms. The van der Waals surface area contributed by atoms with Crippen LogP contribution in [0.25, 0.3) is 0 Å². The predicted octanol–water partition coefficient (Wildman–Crippen LogP) is 4.14. The van der Waals surface area contributed by atoms with Gasteiger partial charge in [0, 0.05) is 36.6 Å². The van der Waals surface area contributed by atoms with E-state index in [1.807, 2.05) is 6.20 Å². The Kier molecular flexibility index (Phi) is 8.82. The third kappa shape index (κ3) is 7.37. The monoisotopic (exact) mass is 450 g/mol. The molecule has 0 atom stereocenters. The molecule has 1 aliphatic carbocycles. The number of aryl methyl sites for hydroxylation is 1. The lowest BCUT2D eigenvalue weighted by Gasteiger charge is -2.35. The summed E-state index contributed by atoms with van der Waals surface area (Å²) in [5.41, 5.74) is 0.510. The zero-order chi connectivity index (χ0) is 16.0. The number of halogens is 1. The number of hydrogen-bond acceptors (Lipinski definition) is 3. The number of aromatic nitrogens is 1. The summed E-state index contributed by atoms with van der Waals surface area (Å²) in [6.07, 6.45) is 7.93. The summed E-state index contributed by atoms with van der Waals surface area (Å²) in [5, 5.41) is 8.15. The summed E-state index contributed by atoms with van der Waals surface area (Å²) in [6, 6.07) is 0.563. The number of nitrogens with one attached hydrogen (secondary N) is 2. The number of guanidine groups is 1. The van der Waals surface area contributed by atoms with Gasteiger partial charge in [-0.2, -0.15) is 0 Å². The minimum atomic E-state index is 0. The number of thiazole rings is 1. The molecule has 1 heterocycles. The third-order valence-electron chi connectivity index (χ3n) is 4.29. The van der Waals surface area contributed by atoms with Crippen molar-refractivity contribution in [2.45, 2.75) is 65.8 Å². The van der Waals surface area contributed by atoms with Gasteiger partial charge in [-0.25, -0.2) is 4.98 Å². The Morgan fingerprint density at radius 3 is 2.65 bits per heavy atom. The molecule has 1 aromatic heterocycles. The van der Waals surface area contributed by atoms with Gasteiger partial charge < -0.3 is 10.6 Å². The summed E-state index contributed by atoms with van der Waals surface area (Å²) in [5.74, 6) is 0.959. The summed E-state index contributed by atoms with van der Waals surface area (Å²) in [6.45, 7) is 10.7. The van der Waals surface area contributed by atoms with Gasteiger partial charge in [-0.1, -0.05) is 13.8 Å². The SMILES string of the molecule is CCNC(=NCCc1ncc(C)s1)NC1CCC(C)(C)CC1.I. The van der Waals surface area contributed by atoms with Crippen LogP contribution < -0.4 is 10.6 Å². The molecule has 4 nitrogen and oxygen atoms in total. The predicted molar refractivity (Wildman–Crippen MR) is 111 cm³/mol. The van der Waals surface area contributed by atoms with Gasteiger partial charge >= 0.3 is 0 Å². The molecular formula is C17H31IN4S. The molecule has 2 rings (SSSR count). The van der Waals surface area contributed by atoms with E-state index in [9.17, 15) is 0 Å². The van der Waals surface area contributed by atoms with Crippen molar-refractivity contribution in [3.63, 3.8) is 0 Å². The van der Waals surface area contributed by atoms with Crippen molar-refractivity contribution in [2.75, 3.05) is 13.1 Å². The van der Waals surface area contributed by atoms with Gasteiger partial charge in [-0.15, -0.1) is 35.3 Å². The van der Waals surface area contributed by atoms with Gasteiger partial charge in [0.2, 0.25) is 0 Å². The van der Waals surface area contributed by atoms with Crippen molar-refractivity contribution in [1.29, 1.82) is 0 Å². The van der Waals surface area contributed by atoms with Crippen LogP contribution >= 0.6 is 35.3 Å². The zero-order valence-corrected chi connectivity index (χ0v) is 18.0. The van der Waals surface area contributed by atoms with E-state index >= 15 is 0 Å². The number of hydrogen-bond donors (Lipinski definition) is 2. The van der Waals surface area contributed by atoms with Gasteiger partial charge in [0.05, 0.1) is 5.01 Å². The fourth-order valence-electron chi connectivity index (χ4n) is 2.84. The van der Waals surface area contributed by atoms with Crippen molar-refractivity contribution < 1.29 is 0 Å². The van der Waals surface area contributed by atoms with E-state index in [4.69, 9.17) is 4.99 Å². The van der Waals surface area contributed by atoms with Crippen LogP contribution in [-0.2, 0) is 6.42 Å². The van der Waals surface area contributed by atoms with Gasteiger partial charge in [0.15, 0.2) is 5.96 Å². The van der Waals surface area contributed by atoms with E-state index in [0.717, 1.165) is 25.5 Å². The second-order valence-corrected chi connectivity index (χ2v) is 8.28. The molecule has 0 spiro atoms. The molecular weight excluding hydrogens is 419 g/mol. The average Bonchev–Trinajstić information content (AvgIpc) is 2.87. The van der Waals surface area contributed by atoms with Crippen LogP contribution in [0.15, 0.2) is 11.2 Å². The highest BCUT2D eigenvalue weighted by molar-refractivity contribution is 14.0. The zero-order valence-electron chi connectivity index (χ0n) is 14.8. The molecule has 132 valence electrons. The fourth-order valence-corrected chi connectivity index (χ4v) is 3.61. The van der Waals surface area contributed by atoms with Crippen LogP contribution in [0.4, 0.5) is 0 Å². The normalized spacial score (nSPS) is 18.3. The lowest BCUT2D eigenvalue weighted by molar-refractivity contribution is 0.216. The van der Waals surface area contributed by atoms with E-state index in [1.54, 1.807) is 11.3 Å². The topological polar surface area (TPSA) is 49.3 Å². The van der Waals surface area contributed by atoms with Crippen LogP contribution in [0, 0.1) is 12.3 Å². The Labute approximate surface area is 162 Å². The minimum absolute atomic E-state index is 0. The number of nitrogens with zero attached hydrogens (tertiary/aromatic N) is 2. The van der Waals surface area contributed by atoms with Crippen LogP contribution in [0.3, 0.4) is 0 Å². The quantitative estimate of drug-likeness (QED) is 0.403. The van der Waals surface area contributed by atoms with Crippen LogP contribution in [0.5, 0.6) is 0 Å². The molecule has 0 amide bonds. The van der Waals surface area contributed by atoms with Crippen molar-refractivity contribution in [1.82, 2.24) is 15.6 Å². The first-order chi connectivity index (χ1) is 10.5. The van der Waals surface area contributed by atoms with Gasteiger partial charge in [-0.05, 0) is 44.9 Å². The molecule has 1 saturated carbocycles. The molecule has 0 aliphatic heterocycles. The molecule has 1 fully saturated rings. The van der Waals surface area contributed by atoms with Gasteiger partial charge in [-0.3, -0.25) is 4.99 Å². The van der Waals surface area contributed by atoms with Crippen molar-refractivity contribution in [2.24, 2.45) is 10.4 Å². The second kappa shape index (κ2) is 9.81.